The fourth-order valence-corrected chi connectivity index (χ4v) is 2.34. The van der Waals surface area contributed by atoms with Crippen LogP contribution in [0.2, 0.25) is 0 Å². The van der Waals surface area contributed by atoms with Gasteiger partial charge in [0.15, 0.2) is 0 Å². The van der Waals surface area contributed by atoms with Crippen LogP contribution in [0.3, 0.4) is 0 Å². The summed E-state index contributed by atoms with van der Waals surface area (Å²) in [5, 5.41) is 3.81. The predicted octanol–water partition coefficient (Wildman–Crippen LogP) is 3.33. The van der Waals surface area contributed by atoms with Crippen molar-refractivity contribution in [1.82, 2.24) is 10.1 Å². The van der Waals surface area contributed by atoms with Gasteiger partial charge in [-0.05, 0) is 25.5 Å². The molecule has 4 nitrogen and oxygen atoms in total. The Morgan fingerprint density at radius 2 is 2.05 bits per heavy atom. The van der Waals surface area contributed by atoms with Crippen LogP contribution < -0.4 is 0 Å². The maximum atomic E-state index is 12.4. The van der Waals surface area contributed by atoms with Gasteiger partial charge in [0, 0.05) is 18.1 Å². The molecule has 1 aromatic heterocycles. The highest BCUT2D eigenvalue weighted by Crippen LogP contribution is 2.20. The highest BCUT2D eigenvalue weighted by molar-refractivity contribution is 9.10. The maximum Gasteiger partial charge on any atom is 0.259 e. The number of aromatic nitrogens is 1. The summed E-state index contributed by atoms with van der Waals surface area (Å²) in [5.74, 6) is 0.480. The number of carbonyl (C=O) groups excluding carboxylic acids is 1. The Balaban J connectivity index is 2.19. The Bertz CT molecular complexity index is 588. The zero-order valence-electron chi connectivity index (χ0n) is 11.1. The van der Waals surface area contributed by atoms with Gasteiger partial charge in [-0.25, -0.2) is 0 Å². The fraction of sp³-hybridized carbons (Fsp3) is 0.286. The first-order valence-corrected chi connectivity index (χ1v) is 6.71. The van der Waals surface area contributed by atoms with Crippen molar-refractivity contribution in [2.24, 2.45) is 0 Å². The van der Waals surface area contributed by atoms with Crippen LogP contribution in [0.15, 0.2) is 33.3 Å². The van der Waals surface area contributed by atoms with E-state index in [-0.39, 0.29) is 5.91 Å². The van der Waals surface area contributed by atoms with Crippen molar-refractivity contribution in [2.45, 2.75) is 20.4 Å². The van der Waals surface area contributed by atoms with Crippen molar-refractivity contribution in [3.63, 3.8) is 0 Å². The van der Waals surface area contributed by atoms with Crippen LogP contribution in [-0.2, 0) is 6.54 Å². The molecule has 0 saturated carbocycles. The van der Waals surface area contributed by atoms with E-state index in [0.29, 0.717) is 23.6 Å². The lowest BCUT2D eigenvalue weighted by Gasteiger charge is -2.17. The molecule has 0 aliphatic carbocycles. The molecule has 0 spiro atoms. The van der Waals surface area contributed by atoms with Gasteiger partial charge in [-0.1, -0.05) is 39.3 Å². The molecule has 1 amide bonds. The van der Waals surface area contributed by atoms with E-state index in [2.05, 4.69) is 21.1 Å². The van der Waals surface area contributed by atoms with Gasteiger partial charge in [-0.2, -0.15) is 0 Å². The molecular formula is C14H15BrN2O2. The molecule has 0 bridgehead atoms. The summed E-state index contributed by atoms with van der Waals surface area (Å²) in [4.78, 5) is 14.0. The van der Waals surface area contributed by atoms with Crippen molar-refractivity contribution in [3.05, 3.63) is 51.3 Å². The Labute approximate surface area is 120 Å². The normalized spacial score (nSPS) is 10.5. The second-order valence-corrected chi connectivity index (χ2v) is 5.31. The summed E-state index contributed by atoms with van der Waals surface area (Å²) in [6.07, 6.45) is 0. The first-order valence-electron chi connectivity index (χ1n) is 5.92. The number of amides is 1. The summed E-state index contributed by atoms with van der Waals surface area (Å²) in [6.45, 7) is 4.06. The molecule has 0 N–H and O–H groups in total. The lowest BCUT2D eigenvalue weighted by Crippen LogP contribution is -2.27. The van der Waals surface area contributed by atoms with Gasteiger partial charge in [0.25, 0.3) is 5.91 Å². The molecule has 19 heavy (non-hydrogen) atoms. The molecule has 0 unspecified atom stereocenters. The second-order valence-electron chi connectivity index (χ2n) is 4.45. The molecule has 0 saturated heterocycles. The van der Waals surface area contributed by atoms with E-state index in [4.69, 9.17) is 4.52 Å². The smallest absolute Gasteiger partial charge is 0.259 e. The Morgan fingerprint density at radius 3 is 2.63 bits per heavy atom. The van der Waals surface area contributed by atoms with Gasteiger partial charge in [-0.15, -0.1) is 0 Å². The SMILES string of the molecule is Cc1noc(C)c1C(=O)N(C)Cc1ccccc1Br. The first kappa shape index (κ1) is 13.8. The van der Waals surface area contributed by atoms with Gasteiger partial charge in [0.2, 0.25) is 0 Å². The summed E-state index contributed by atoms with van der Waals surface area (Å²) >= 11 is 3.48. The monoisotopic (exact) mass is 322 g/mol. The fourth-order valence-electron chi connectivity index (χ4n) is 1.93. The Morgan fingerprint density at radius 1 is 1.37 bits per heavy atom. The van der Waals surface area contributed by atoms with E-state index in [9.17, 15) is 4.79 Å². The quantitative estimate of drug-likeness (QED) is 0.870. The maximum absolute atomic E-state index is 12.4. The molecule has 1 heterocycles. The minimum atomic E-state index is -0.0768. The van der Waals surface area contributed by atoms with E-state index < -0.39 is 0 Å². The number of halogens is 1. The van der Waals surface area contributed by atoms with Crippen molar-refractivity contribution in [2.75, 3.05) is 7.05 Å². The molecule has 2 rings (SSSR count). The number of hydrogen-bond donors (Lipinski definition) is 0. The third-order valence-corrected chi connectivity index (χ3v) is 3.73. The van der Waals surface area contributed by atoms with Gasteiger partial charge in [0.05, 0.1) is 5.69 Å². The van der Waals surface area contributed by atoms with Crippen LogP contribution in [-0.4, -0.2) is 23.0 Å². The van der Waals surface area contributed by atoms with E-state index in [1.165, 1.54) is 0 Å². The number of nitrogens with zero attached hydrogens (tertiary/aromatic N) is 2. The highest BCUT2D eigenvalue weighted by atomic mass is 79.9. The average Bonchev–Trinajstić information content (AvgIpc) is 2.71. The zero-order valence-corrected chi connectivity index (χ0v) is 12.7. The van der Waals surface area contributed by atoms with Gasteiger partial charge >= 0.3 is 0 Å². The van der Waals surface area contributed by atoms with Crippen molar-refractivity contribution in [3.8, 4) is 0 Å². The number of carbonyl (C=O) groups is 1. The number of aryl methyl sites for hydroxylation is 2. The van der Waals surface area contributed by atoms with Crippen LogP contribution in [0.5, 0.6) is 0 Å². The summed E-state index contributed by atoms with van der Waals surface area (Å²) in [6, 6.07) is 7.85. The van der Waals surface area contributed by atoms with Crippen LogP contribution in [0.25, 0.3) is 0 Å². The van der Waals surface area contributed by atoms with E-state index >= 15 is 0 Å². The lowest BCUT2D eigenvalue weighted by atomic mass is 10.1. The molecule has 100 valence electrons. The van der Waals surface area contributed by atoms with Gasteiger partial charge in [0.1, 0.15) is 11.3 Å². The first-order chi connectivity index (χ1) is 9.00. The minimum absolute atomic E-state index is 0.0768. The van der Waals surface area contributed by atoms with E-state index in [0.717, 1.165) is 10.0 Å². The molecule has 0 radical (unpaired) electrons. The summed E-state index contributed by atoms with van der Waals surface area (Å²) < 4.78 is 6.03. The minimum Gasteiger partial charge on any atom is -0.361 e. The Kier molecular flexibility index (Phi) is 4.04. The Hall–Kier alpha value is -1.62. The third kappa shape index (κ3) is 2.87. The van der Waals surface area contributed by atoms with Crippen LogP contribution in [0, 0.1) is 13.8 Å². The van der Waals surface area contributed by atoms with Crippen LogP contribution in [0.4, 0.5) is 0 Å². The van der Waals surface area contributed by atoms with Crippen LogP contribution >= 0.6 is 15.9 Å². The highest BCUT2D eigenvalue weighted by Gasteiger charge is 2.21. The summed E-state index contributed by atoms with van der Waals surface area (Å²) in [7, 11) is 1.77. The van der Waals surface area contributed by atoms with Crippen molar-refractivity contribution < 1.29 is 9.32 Å². The molecule has 0 aliphatic heterocycles. The largest absolute Gasteiger partial charge is 0.361 e. The van der Waals surface area contributed by atoms with Crippen molar-refractivity contribution >= 4 is 21.8 Å². The third-order valence-electron chi connectivity index (χ3n) is 2.96. The molecule has 5 heteroatoms. The molecule has 0 fully saturated rings. The number of benzene rings is 1. The molecular weight excluding hydrogens is 308 g/mol. The molecule has 2 aromatic rings. The van der Waals surface area contributed by atoms with Gasteiger partial charge < -0.3 is 9.42 Å². The number of rotatable bonds is 3. The lowest BCUT2D eigenvalue weighted by molar-refractivity contribution is 0.0782. The number of hydrogen-bond acceptors (Lipinski definition) is 3. The predicted molar refractivity (Wildman–Crippen MR) is 75.9 cm³/mol. The summed E-state index contributed by atoms with van der Waals surface area (Å²) in [5.41, 5.74) is 2.24. The van der Waals surface area contributed by atoms with E-state index in [1.807, 2.05) is 24.3 Å². The van der Waals surface area contributed by atoms with Crippen molar-refractivity contribution in [1.29, 1.82) is 0 Å². The molecule has 1 aromatic carbocycles. The molecule has 0 aliphatic rings. The zero-order chi connectivity index (χ0) is 14.0. The second kappa shape index (κ2) is 5.57. The van der Waals surface area contributed by atoms with Crippen LogP contribution in [0.1, 0.15) is 27.4 Å². The molecule has 0 atom stereocenters. The average molecular weight is 323 g/mol. The standard InChI is InChI=1S/C14H15BrN2O2/c1-9-13(10(2)19-16-9)14(18)17(3)8-11-6-4-5-7-12(11)15/h4-7H,8H2,1-3H3. The topological polar surface area (TPSA) is 46.3 Å². The van der Waals surface area contributed by atoms with Gasteiger partial charge in [-0.3, -0.25) is 4.79 Å². The van der Waals surface area contributed by atoms with E-state index in [1.54, 1.807) is 25.8 Å².